The topological polar surface area (TPSA) is 38.0 Å². The van der Waals surface area contributed by atoms with Gasteiger partial charge in [0.05, 0.1) is 6.10 Å². The third-order valence-electron chi connectivity index (χ3n) is 3.81. The first-order valence-corrected chi connectivity index (χ1v) is 6.42. The Bertz CT molecular complexity index is 315. The zero-order chi connectivity index (χ0) is 11.4. The Morgan fingerprint density at radius 3 is 2.81 bits per heavy atom. The van der Waals surface area contributed by atoms with Crippen LogP contribution in [0.15, 0.2) is 12.3 Å². The standard InChI is InChI=1S/C13H22N2O/c1-15-12(9-10-14-15)7-8-13(16)11-5-3-2-4-6-11/h9-11,13,16H,2-8H2,1H3. The van der Waals surface area contributed by atoms with E-state index in [-0.39, 0.29) is 6.10 Å². The van der Waals surface area contributed by atoms with Gasteiger partial charge in [0.25, 0.3) is 0 Å². The lowest BCUT2D eigenvalue weighted by Crippen LogP contribution is -2.23. The molecule has 16 heavy (non-hydrogen) atoms. The summed E-state index contributed by atoms with van der Waals surface area (Å²) in [4.78, 5) is 0. The Morgan fingerprint density at radius 1 is 1.44 bits per heavy atom. The molecule has 1 atom stereocenters. The molecule has 0 bridgehead atoms. The van der Waals surface area contributed by atoms with Crippen LogP contribution in [0.1, 0.15) is 44.2 Å². The van der Waals surface area contributed by atoms with Crippen molar-refractivity contribution in [2.75, 3.05) is 0 Å². The Labute approximate surface area is 97.5 Å². The van der Waals surface area contributed by atoms with E-state index in [2.05, 4.69) is 5.10 Å². The third kappa shape index (κ3) is 2.85. The number of aliphatic hydroxyl groups is 1. The second-order valence-corrected chi connectivity index (χ2v) is 4.95. The molecule has 1 unspecified atom stereocenters. The molecule has 0 amide bonds. The highest BCUT2D eigenvalue weighted by molar-refractivity contribution is 5.00. The van der Waals surface area contributed by atoms with E-state index in [0.29, 0.717) is 5.92 Å². The molecule has 0 saturated heterocycles. The molecule has 1 saturated carbocycles. The Balaban J connectivity index is 1.78. The first-order valence-electron chi connectivity index (χ1n) is 6.42. The fraction of sp³-hybridized carbons (Fsp3) is 0.769. The fourth-order valence-corrected chi connectivity index (χ4v) is 2.70. The minimum absolute atomic E-state index is 0.116. The van der Waals surface area contributed by atoms with Gasteiger partial charge in [-0.15, -0.1) is 0 Å². The number of nitrogens with zero attached hydrogens (tertiary/aromatic N) is 2. The van der Waals surface area contributed by atoms with Crippen LogP contribution in [0.5, 0.6) is 0 Å². The van der Waals surface area contributed by atoms with E-state index >= 15 is 0 Å². The summed E-state index contributed by atoms with van der Waals surface area (Å²) in [5.41, 5.74) is 1.22. The number of aryl methyl sites for hydroxylation is 2. The van der Waals surface area contributed by atoms with Crippen molar-refractivity contribution in [2.45, 2.75) is 51.0 Å². The maximum Gasteiger partial charge on any atom is 0.0572 e. The molecule has 1 aromatic heterocycles. The molecule has 2 rings (SSSR count). The quantitative estimate of drug-likeness (QED) is 0.849. The summed E-state index contributed by atoms with van der Waals surface area (Å²) in [5, 5.41) is 14.3. The normalized spacial score (nSPS) is 19.9. The third-order valence-corrected chi connectivity index (χ3v) is 3.81. The first kappa shape index (κ1) is 11.6. The summed E-state index contributed by atoms with van der Waals surface area (Å²) in [6.07, 6.45) is 9.90. The molecule has 0 spiro atoms. The summed E-state index contributed by atoms with van der Waals surface area (Å²) in [6, 6.07) is 2.04. The smallest absolute Gasteiger partial charge is 0.0572 e. The number of aliphatic hydroxyl groups excluding tert-OH is 1. The van der Waals surface area contributed by atoms with Gasteiger partial charge in [-0.3, -0.25) is 4.68 Å². The molecule has 0 radical (unpaired) electrons. The van der Waals surface area contributed by atoms with Crippen LogP contribution in [0.4, 0.5) is 0 Å². The van der Waals surface area contributed by atoms with Crippen molar-refractivity contribution >= 4 is 0 Å². The van der Waals surface area contributed by atoms with Gasteiger partial charge in [-0.05, 0) is 37.7 Å². The molecule has 3 heteroatoms. The summed E-state index contributed by atoms with van der Waals surface area (Å²) in [7, 11) is 1.96. The van der Waals surface area contributed by atoms with E-state index in [4.69, 9.17) is 0 Å². The highest BCUT2D eigenvalue weighted by Crippen LogP contribution is 2.28. The highest BCUT2D eigenvalue weighted by atomic mass is 16.3. The molecule has 1 aromatic rings. The number of rotatable bonds is 4. The van der Waals surface area contributed by atoms with Gasteiger partial charge in [0.1, 0.15) is 0 Å². The van der Waals surface area contributed by atoms with Gasteiger partial charge in [-0.2, -0.15) is 5.10 Å². The van der Waals surface area contributed by atoms with Crippen molar-refractivity contribution in [2.24, 2.45) is 13.0 Å². The van der Waals surface area contributed by atoms with Crippen molar-refractivity contribution < 1.29 is 5.11 Å². The fourth-order valence-electron chi connectivity index (χ4n) is 2.70. The predicted molar refractivity (Wildman–Crippen MR) is 64.1 cm³/mol. The van der Waals surface area contributed by atoms with Crippen LogP contribution >= 0.6 is 0 Å². The van der Waals surface area contributed by atoms with E-state index < -0.39 is 0 Å². The highest BCUT2D eigenvalue weighted by Gasteiger charge is 2.21. The van der Waals surface area contributed by atoms with Crippen molar-refractivity contribution in [1.29, 1.82) is 0 Å². The maximum absolute atomic E-state index is 10.1. The monoisotopic (exact) mass is 222 g/mol. The van der Waals surface area contributed by atoms with Gasteiger partial charge in [0, 0.05) is 18.9 Å². The first-order chi connectivity index (χ1) is 7.77. The summed E-state index contributed by atoms with van der Waals surface area (Å²) >= 11 is 0. The Hall–Kier alpha value is -0.830. The molecule has 1 aliphatic carbocycles. The molecular formula is C13H22N2O. The van der Waals surface area contributed by atoms with Crippen molar-refractivity contribution in [3.8, 4) is 0 Å². The van der Waals surface area contributed by atoms with Crippen LogP contribution < -0.4 is 0 Å². The van der Waals surface area contributed by atoms with Crippen LogP contribution in [0, 0.1) is 5.92 Å². The van der Waals surface area contributed by atoms with E-state index in [1.54, 1.807) is 0 Å². The van der Waals surface area contributed by atoms with Crippen molar-refractivity contribution in [3.05, 3.63) is 18.0 Å². The molecule has 1 heterocycles. The van der Waals surface area contributed by atoms with Crippen LogP contribution in [0.25, 0.3) is 0 Å². The minimum Gasteiger partial charge on any atom is -0.393 e. The Morgan fingerprint density at radius 2 is 2.19 bits per heavy atom. The SMILES string of the molecule is Cn1nccc1CCC(O)C1CCCCC1. The number of aromatic nitrogens is 2. The van der Waals surface area contributed by atoms with E-state index in [0.717, 1.165) is 12.8 Å². The van der Waals surface area contributed by atoms with Crippen LogP contribution in [-0.2, 0) is 13.5 Å². The van der Waals surface area contributed by atoms with Gasteiger partial charge < -0.3 is 5.11 Å². The van der Waals surface area contributed by atoms with Crippen LogP contribution in [0.3, 0.4) is 0 Å². The zero-order valence-corrected chi connectivity index (χ0v) is 10.1. The molecule has 1 N–H and O–H groups in total. The van der Waals surface area contributed by atoms with Crippen LogP contribution in [-0.4, -0.2) is 21.0 Å². The minimum atomic E-state index is -0.116. The maximum atomic E-state index is 10.1. The van der Waals surface area contributed by atoms with Gasteiger partial charge in [0.15, 0.2) is 0 Å². The molecule has 1 aliphatic rings. The van der Waals surface area contributed by atoms with E-state index in [1.165, 1.54) is 37.8 Å². The predicted octanol–water partition coefficient (Wildman–Crippen LogP) is 2.29. The summed E-state index contributed by atoms with van der Waals surface area (Å²) in [5.74, 6) is 0.543. The van der Waals surface area contributed by atoms with Gasteiger partial charge in [0.2, 0.25) is 0 Å². The van der Waals surface area contributed by atoms with Gasteiger partial charge in [-0.1, -0.05) is 19.3 Å². The summed E-state index contributed by atoms with van der Waals surface area (Å²) in [6.45, 7) is 0. The molecular weight excluding hydrogens is 200 g/mol. The lowest BCUT2D eigenvalue weighted by molar-refractivity contribution is 0.0771. The summed E-state index contributed by atoms with van der Waals surface area (Å²) < 4.78 is 1.90. The lowest BCUT2D eigenvalue weighted by Gasteiger charge is -2.26. The number of hydrogen-bond acceptors (Lipinski definition) is 2. The molecule has 1 fully saturated rings. The largest absolute Gasteiger partial charge is 0.393 e. The average Bonchev–Trinajstić information content (AvgIpc) is 2.73. The van der Waals surface area contributed by atoms with Gasteiger partial charge in [-0.25, -0.2) is 0 Å². The van der Waals surface area contributed by atoms with Crippen molar-refractivity contribution in [3.63, 3.8) is 0 Å². The second kappa shape index (κ2) is 5.48. The van der Waals surface area contributed by atoms with Crippen molar-refractivity contribution in [1.82, 2.24) is 9.78 Å². The van der Waals surface area contributed by atoms with Crippen LogP contribution in [0.2, 0.25) is 0 Å². The number of hydrogen-bond donors (Lipinski definition) is 1. The Kier molecular flexibility index (Phi) is 3.99. The second-order valence-electron chi connectivity index (χ2n) is 4.95. The zero-order valence-electron chi connectivity index (χ0n) is 10.1. The van der Waals surface area contributed by atoms with Gasteiger partial charge >= 0.3 is 0 Å². The molecule has 0 aliphatic heterocycles. The molecule has 0 aromatic carbocycles. The van der Waals surface area contributed by atoms with E-state index in [9.17, 15) is 5.11 Å². The molecule has 90 valence electrons. The lowest BCUT2D eigenvalue weighted by atomic mass is 9.83. The average molecular weight is 222 g/mol. The van der Waals surface area contributed by atoms with E-state index in [1.807, 2.05) is 24.0 Å². The molecule has 3 nitrogen and oxygen atoms in total.